The third-order valence-corrected chi connectivity index (χ3v) is 2.33. The molecule has 0 aromatic carbocycles. The van der Waals surface area contributed by atoms with Crippen molar-refractivity contribution in [3.8, 4) is 0 Å². The van der Waals surface area contributed by atoms with Crippen molar-refractivity contribution in [2.45, 2.75) is 13.0 Å². The van der Waals surface area contributed by atoms with Crippen LogP contribution in [0.15, 0.2) is 18.7 Å². The van der Waals surface area contributed by atoms with Crippen molar-refractivity contribution < 1.29 is 4.92 Å². The highest BCUT2D eigenvalue weighted by Gasteiger charge is 2.13. The summed E-state index contributed by atoms with van der Waals surface area (Å²) < 4.78 is 1.77. The van der Waals surface area contributed by atoms with E-state index in [1.54, 1.807) is 10.9 Å². The van der Waals surface area contributed by atoms with E-state index in [0.29, 0.717) is 5.95 Å². The minimum absolute atomic E-state index is 0.146. The van der Waals surface area contributed by atoms with Gasteiger partial charge < -0.3 is 9.88 Å². The van der Waals surface area contributed by atoms with Crippen LogP contribution in [0, 0.1) is 10.1 Å². The van der Waals surface area contributed by atoms with Gasteiger partial charge in [-0.15, -0.1) is 10.2 Å². The Morgan fingerprint density at radius 1 is 1.44 bits per heavy atom. The molecule has 2 aromatic heterocycles. The fraction of sp³-hybridized carbons (Fsp3) is 0.333. The van der Waals surface area contributed by atoms with Crippen molar-refractivity contribution in [3.63, 3.8) is 0 Å². The first-order valence-electron chi connectivity index (χ1n) is 5.15. The van der Waals surface area contributed by atoms with Gasteiger partial charge in [0.05, 0.1) is 11.0 Å². The van der Waals surface area contributed by atoms with Gasteiger partial charge in [-0.2, -0.15) is 0 Å². The maximum Gasteiger partial charge on any atom is 0.305 e. The van der Waals surface area contributed by atoms with Crippen molar-refractivity contribution in [2.24, 2.45) is 7.05 Å². The van der Waals surface area contributed by atoms with Gasteiger partial charge >= 0.3 is 5.69 Å². The molecule has 18 heavy (non-hydrogen) atoms. The van der Waals surface area contributed by atoms with Crippen LogP contribution in [-0.4, -0.2) is 29.7 Å². The number of anilines is 1. The third kappa shape index (κ3) is 2.39. The van der Waals surface area contributed by atoms with E-state index in [4.69, 9.17) is 0 Å². The Morgan fingerprint density at radius 2 is 2.11 bits per heavy atom. The van der Waals surface area contributed by atoms with E-state index in [2.05, 4.69) is 25.5 Å². The molecule has 1 unspecified atom stereocenters. The number of rotatable bonds is 4. The smallest absolute Gasteiger partial charge is 0.305 e. The molecule has 0 fully saturated rings. The number of hydrogen-bond donors (Lipinski definition) is 1. The van der Waals surface area contributed by atoms with Crippen molar-refractivity contribution in [1.29, 1.82) is 0 Å². The summed E-state index contributed by atoms with van der Waals surface area (Å²) in [4.78, 5) is 17.6. The Kier molecular flexibility index (Phi) is 3.13. The summed E-state index contributed by atoms with van der Waals surface area (Å²) in [6, 6.07) is -0.154. The average Bonchev–Trinajstić information content (AvgIpc) is 2.76. The first kappa shape index (κ1) is 11.9. The van der Waals surface area contributed by atoms with Gasteiger partial charge in [-0.05, 0) is 6.92 Å². The highest BCUT2D eigenvalue weighted by atomic mass is 16.6. The Bertz CT molecular complexity index is 550. The van der Waals surface area contributed by atoms with Gasteiger partial charge in [0.15, 0.2) is 5.82 Å². The molecular weight excluding hydrogens is 238 g/mol. The molecule has 0 aliphatic carbocycles. The molecule has 9 nitrogen and oxygen atoms in total. The van der Waals surface area contributed by atoms with Crippen LogP contribution in [0.3, 0.4) is 0 Å². The summed E-state index contributed by atoms with van der Waals surface area (Å²) in [5.41, 5.74) is -0.146. The number of aryl methyl sites for hydroxylation is 1. The molecule has 0 saturated carbocycles. The van der Waals surface area contributed by atoms with E-state index < -0.39 is 4.92 Å². The van der Waals surface area contributed by atoms with Crippen LogP contribution in [0.4, 0.5) is 11.6 Å². The highest BCUT2D eigenvalue weighted by molar-refractivity contribution is 5.32. The first-order valence-corrected chi connectivity index (χ1v) is 5.15. The van der Waals surface area contributed by atoms with Gasteiger partial charge in [-0.3, -0.25) is 10.1 Å². The third-order valence-electron chi connectivity index (χ3n) is 2.33. The fourth-order valence-electron chi connectivity index (χ4n) is 1.43. The topological polar surface area (TPSA) is 112 Å². The second-order valence-electron chi connectivity index (χ2n) is 3.69. The van der Waals surface area contributed by atoms with Crippen molar-refractivity contribution in [2.75, 3.05) is 5.32 Å². The van der Waals surface area contributed by atoms with Crippen LogP contribution in [0.2, 0.25) is 0 Å². The number of hydrogen-bond acceptors (Lipinski definition) is 7. The lowest BCUT2D eigenvalue weighted by atomic mass is 10.3. The zero-order valence-corrected chi connectivity index (χ0v) is 9.81. The van der Waals surface area contributed by atoms with Crippen LogP contribution in [0.1, 0.15) is 18.8 Å². The Hall–Kier alpha value is -2.58. The molecule has 0 radical (unpaired) electrons. The average molecular weight is 249 g/mol. The lowest BCUT2D eigenvalue weighted by molar-refractivity contribution is -0.385. The summed E-state index contributed by atoms with van der Waals surface area (Å²) in [6.07, 6.45) is 3.89. The monoisotopic (exact) mass is 249 g/mol. The predicted octanol–water partition coefficient (Wildman–Crippen LogP) is 0.686. The van der Waals surface area contributed by atoms with E-state index in [1.807, 2.05) is 14.0 Å². The van der Waals surface area contributed by atoms with Gasteiger partial charge in [-0.1, -0.05) is 0 Å². The SMILES string of the molecule is CC(Nc1ncc([N+](=O)[O-])cn1)c1nncn1C. The molecule has 9 heteroatoms. The van der Waals surface area contributed by atoms with Crippen molar-refractivity contribution in [1.82, 2.24) is 24.7 Å². The van der Waals surface area contributed by atoms with Crippen molar-refractivity contribution in [3.05, 3.63) is 34.7 Å². The van der Waals surface area contributed by atoms with Gasteiger partial charge in [-0.25, -0.2) is 9.97 Å². The van der Waals surface area contributed by atoms with E-state index in [0.717, 1.165) is 18.2 Å². The maximum absolute atomic E-state index is 10.4. The van der Waals surface area contributed by atoms with Gasteiger partial charge in [0.25, 0.3) is 0 Å². The standard InChI is InChI=1S/C9H11N7O2/c1-6(8-14-12-5-15(8)2)13-9-10-3-7(4-11-9)16(17)18/h3-6H,1-2H3,(H,10,11,13). The van der Waals surface area contributed by atoms with Crippen LogP contribution in [-0.2, 0) is 7.05 Å². The Labute approximate surface area is 102 Å². The highest BCUT2D eigenvalue weighted by Crippen LogP contribution is 2.14. The van der Waals surface area contributed by atoms with E-state index in [1.165, 1.54) is 0 Å². The molecule has 0 aliphatic heterocycles. The summed E-state index contributed by atoms with van der Waals surface area (Å²) in [6.45, 7) is 1.87. The zero-order valence-electron chi connectivity index (χ0n) is 9.81. The van der Waals surface area contributed by atoms with Crippen molar-refractivity contribution >= 4 is 11.6 Å². The van der Waals surface area contributed by atoms with Gasteiger partial charge in [0.2, 0.25) is 5.95 Å². The molecule has 0 saturated heterocycles. The molecule has 0 amide bonds. The largest absolute Gasteiger partial charge is 0.344 e. The van der Waals surface area contributed by atoms with Crippen LogP contribution < -0.4 is 5.32 Å². The van der Waals surface area contributed by atoms with Crippen LogP contribution in [0.25, 0.3) is 0 Å². The van der Waals surface area contributed by atoms with Crippen LogP contribution >= 0.6 is 0 Å². The maximum atomic E-state index is 10.4. The molecule has 0 aliphatic rings. The second kappa shape index (κ2) is 4.73. The second-order valence-corrected chi connectivity index (χ2v) is 3.69. The Morgan fingerprint density at radius 3 is 2.61 bits per heavy atom. The molecule has 1 N–H and O–H groups in total. The quantitative estimate of drug-likeness (QED) is 0.626. The van der Waals surface area contributed by atoms with E-state index in [9.17, 15) is 10.1 Å². The molecule has 2 rings (SSSR count). The molecule has 1 atom stereocenters. The molecule has 0 bridgehead atoms. The summed E-state index contributed by atoms with van der Waals surface area (Å²) in [5, 5.41) is 21.1. The number of nitrogens with one attached hydrogen (secondary N) is 1. The zero-order chi connectivity index (χ0) is 13.1. The van der Waals surface area contributed by atoms with E-state index >= 15 is 0 Å². The van der Waals surface area contributed by atoms with Gasteiger partial charge in [0, 0.05) is 7.05 Å². The van der Waals surface area contributed by atoms with E-state index in [-0.39, 0.29) is 11.7 Å². The number of nitro groups is 1. The number of nitrogens with zero attached hydrogens (tertiary/aromatic N) is 6. The summed E-state index contributed by atoms with van der Waals surface area (Å²) in [7, 11) is 1.82. The number of aromatic nitrogens is 5. The molecule has 94 valence electrons. The first-order chi connectivity index (χ1) is 8.58. The Balaban J connectivity index is 2.10. The minimum Gasteiger partial charge on any atom is -0.344 e. The normalized spacial score (nSPS) is 12.1. The van der Waals surface area contributed by atoms with Crippen LogP contribution in [0.5, 0.6) is 0 Å². The lowest BCUT2D eigenvalue weighted by Gasteiger charge is -2.11. The minimum atomic E-state index is -0.546. The fourth-order valence-corrected chi connectivity index (χ4v) is 1.43. The predicted molar refractivity (Wildman–Crippen MR) is 61.7 cm³/mol. The molecule has 0 spiro atoms. The summed E-state index contributed by atoms with van der Waals surface area (Å²) >= 11 is 0. The molecular formula is C9H11N7O2. The molecule has 2 heterocycles. The summed E-state index contributed by atoms with van der Waals surface area (Å²) in [5.74, 6) is 1.02. The van der Waals surface area contributed by atoms with Gasteiger partial charge in [0.1, 0.15) is 18.7 Å². The lowest BCUT2D eigenvalue weighted by Crippen LogP contribution is -2.13. The molecule has 2 aromatic rings.